The fourth-order valence-electron chi connectivity index (χ4n) is 1.99. The van der Waals surface area contributed by atoms with Crippen LogP contribution in [0.3, 0.4) is 0 Å². The molecule has 1 heterocycles. The summed E-state index contributed by atoms with van der Waals surface area (Å²) >= 11 is 0. The van der Waals surface area contributed by atoms with Gasteiger partial charge in [-0.15, -0.1) is 0 Å². The van der Waals surface area contributed by atoms with E-state index in [4.69, 9.17) is 5.84 Å². The summed E-state index contributed by atoms with van der Waals surface area (Å²) in [5.41, 5.74) is 4.48. The third-order valence-electron chi connectivity index (χ3n) is 3.23. The first-order chi connectivity index (χ1) is 9.90. The summed E-state index contributed by atoms with van der Waals surface area (Å²) in [4.78, 5) is 3.87. The highest BCUT2D eigenvalue weighted by atomic mass is 19.4. The molecule has 3 nitrogen and oxygen atoms in total. The van der Waals surface area contributed by atoms with Gasteiger partial charge < -0.3 is 0 Å². The van der Waals surface area contributed by atoms with E-state index < -0.39 is 11.7 Å². The van der Waals surface area contributed by atoms with Crippen LogP contribution in [0.15, 0.2) is 42.6 Å². The van der Waals surface area contributed by atoms with Crippen molar-refractivity contribution >= 4 is 0 Å². The molecule has 0 aliphatic heterocycles. The molecule has 1 aromatic heterocycles. The topological polar surface area (TPSA) is 50.9 Å². The number of pyridine rings is 1. The van der Waals surface area contributed by atoms with Crippen LogP contribution in [0.25, 0.3) is 0 Å². The van der Waals surface area contributed by atoms with Gasteiger partial charge in [-0.2, -0.15) is 13.2 Å². The number of hydrazine groups is 1. The average Bonchev–Trinajstić information content (AvgIpc) is 2.46. The predicted octanol–water partition coefficient (Wildman–Crippen LogP) is 3.16. The largest absolute Gasteiger partial charge is 0.417 e. The van der Waals surface area contributed by atoms with Gasteiger partial charge in [-0.3, -0.25) is 16.3 Å². The predicted molar refractivity (Wildman–Crippen MR) is 74.2 cm³/mol. The number of halogens is 3. The smallest absolute Gasteiger partial charge is 0.271 e. The van der Waals surface area contributed by atoms with E-state index in [0.29, 0.717) is 12.1 Å². The molecule has 0 saturated carbocycles. The van der Waals surface area contributed by atoms with E-state index in [1.165, 1.54) is 6.07 Å². The number of hydrogen-bond acceptors (Lipinski definition) is 3. The van der Waals surface area contributed by atoms with Gasteiger partial charge in [0.25, 0.3) is 0 Å². The molecule has 1 unspecified atom stereocenters. The van der Waals surface area contributed by atoms with Crippen molar-refractivity contribution in [1.82, 2.24) is 10.4 Å². The van der Waals surface area contributed by atoms with Crippen LogP contribution < -0.4 is 11.3 Å². The molecule has 1 aromatic carbocycles. The number of nitrogens with zero attached hydrogens (tertiary/aromatic N) is 1. The Kier molecular flexibility index (Phi) is 4.59. The zero-order chi connectivity index (χ0) is 15.5. The Morgan fingerprint density at radius 2 is 1.81 bits per heavy atom. The van der Waals surface area contributed by atoms with Gasteiger partial charge in [0.15, 0.2) is 0 Å². The Morgan fingerprint density at radius 1 is 1.14 bits per heavy atom. The molecule has 0 aliphatic carbocycles. The molecule has 0 fully saturated rings. The van der Waals surface area contributed by atoms with Gasteiger partial charge in [-0.25, -0.2) is 0 Å². The van der Waals surface area contributed by atoms with Crippen molar-refractivity contribution in [2.24, 2.45) is 5.84 Å². The van der Waals surface area contributed by atoms with E-state index >= 15 is 0 Å². The fraction of sp³-hybridized carbons (Fsp3) is 0.267. The monoisotopic (exact) mass is 295 g/mol. The van der Waals surface area contributed by atoms with Crippen molar-refractivity contribution in [1.29, 1.82) is 0 Å². The van der Waals surface area contributed by atoms with Crippen molar-refractivity contribution in [3.8, 4) is 0 Å². The summed E-state index contributed by atoms with van der Waals surface area (Å²) in [5.74, 6) is 5.49. The summed E-state index contributed by atoms with van der Waals surface area (Å²) in [7, 11) is 0. The van der Waals surface area contributed by atoms with Crippen LogP contribution >= 0.6 is 0 Å². The quantitative estimate of drug-likeness (QED) is 0.673. The van der Waals surface area contributed by atoms with Crippen molar-refractivity contribution < 1.29 is 13.2 Å². The highest BCUT2D eigenvalue weighted by Crippen LogP contribution is 2.29. The van der Waals surface area contributed by atoms with Crippen molar-refractivity contribution in [2.45, 2.75) is 25.6 Å². The lowest BCUT2D eigenvalue weighted by molar-refractivity contribution is -0.137. The van der Waals surface area contributed by atoms with Crippen LogP contribution in [-0.4, -0.2) is 4.98 Å². The maximum atomic E-state index is 12.5. The van der Waals surface area contributed by atoms with E-state index in [-0.39, 0.29) is 6.04 Å². The Hall–Kier alpha value is -1.92. The van der Waals surface area contributed by atoms with Gasteiger partial charge in [-0.05, 0) is 31.0 Å². The van der Waals surface area contributed by atoms with Crippen LogP contribution in [0.4, 0.5) is 13.2 Å². The number of nitrogens with two attached hydrogens (primary N) is 1. The standard InChI is InChI=1S/C15H16F3N3/c1-10-2-4-11(5-3-10)8-14(21-19)13-7-6-12(9-20-13)15(16,17)18/h2-7,9,14,21H,8,19H2,1H3. The summed E-state index contributed by atoms with van der Waals surface area (Å²) < 4.78 is 37.5. The van der Waals surface area contributed by atoms with Crippen molar-refractivity contribution in [3.63, 3.8) is 0 Å². The molecular formula is C15H16F3N3. The molecule has 0 saturated heterocycles. The number of hydrogen-bond donors (Lipinski definition) is 2. The number of nitrogens with one attached hydrogen (secondary N) is 1. The van der Waals surface area contributed by atoms with Gasteiger partial charge in [0.1, 0.15) is 0 Å². The SMILES string of the molecule is Cc1ccc(CC(NN)c2ccc(C(F)(F)F)cn2)cc1. The molecular weight excluding hydrogens is 279 g/mol. The van der Waals surface area contributed by atoms with E-state index in [1.54, 1.807) is 0 Å². The van der Waals surface area contributed by atoms with Crippen LogP contribution in [0, 0.1) is 6.92 Å². The number of aromatic nitrogens is 1. The highest BCUT2D eigenvalue weighted by Gasteiger charge is 2.30. The summed E-state index contributed by atoms with van der Waals surface area (Å²) in [5, 5.41) is 0. The highest BCUT2D eigenvalue weighted by molar-refractivity contribution is 5.25. The van der Waals surface area contributed by atoms with Crippen LogP contribution in [0.5, 0.6) is 0 Å². The van der Waals surface area contributed by atoms with Crippen LogP contribution in [0.1, 0.15) is 28.4 Å². The van der Waals surface area contributed by atoms with Gasteiger partial charge in [0.2, 0.25) is 0 Å². The molecule has 21 heavy (non-hydrogen) atoms. The zero-order valence-electron chi connectivity index (χ0n) is 11.5. The maximum Gasteiger partial charge on any atom is 0.417 e. The van der Waals surface area contributed by atoms with Gasteiger partial charge in [0, 0.05) is 6.20 Å². The van der Waals surface area contributed by atoms with E-state index in [9.17, 15) is 13.2 Å². The first-order valence-electron chi connectivity index (χ1n) is 6.45. The fourth-order valence-corrected chi connectivity index (χ4v) is 1.99. The van der Waals surface area contributed by atoms with Crippen LogP contribution in [-0.2, 0) is 12.6 Å². The lowest BCUT2D eigenvalue weighted by Crippen LogP contribution is -2.30. The van der Waals surface area contributed by atoms with Gasteiger partial charge in [0.05, 0.1) is 17.3 Å². The molecule has 6 heteroatoms. The van der Waals surface area contributed by atoms with Gasteiger partial charge >= 0.3 is 6.18 Å². The molecule has 2 rings (SSSR count). The Bertz CT molecular complexity index is 577. The second-order valence-electron chi connectivity index (χ2n) is 4.88. The van der Waals surface area contributed by atoms with E-state index in [1.807, 2.05) is 31.2 Å². The third kappa shape index (κ3) is 4.03. The number of aryl methyl sites for hydroxylation is 1. The number of rotatable bonds is 4. The molecule has 3 N–H and O–H groups in total. The number of alkyl halides is 3. The first-order valence-corrected chi connectivity index (χ1v) is 6.45. The summed E-state index contributed by atoms with van der Waals surface area (Å²) in [6.45, 7) is 1.99. The molecule has 2 aromatic rings. The number of benzene rings is 1. The molecule has 1 atom stereocenters. The molecule has 0 amide bonds. The zero-order valence-corrected chi connectivity index (χ0v) is 11.5. The average molecular weight is 295 g/mol. The second kappa shape index (κ2) is 6.24. The maximum absolute atomic E-state index is 12.5. The molecule has 0 bridgehead atoms. The molecule has 0 radical (unpaired) electrons. The lowest BCUT2D eigenvalue weighted by atomic mass is 10.0. The first kappa shape index (κ1) is 15.5. The molecule has 112 valence electrons. The Balaban J connectivity index is 2.15. The van der Waals surface area contributed by atoms with E-state index in [0.717, 1.165) is 23.4 Å². The van der Waals surface area contributed by atoms with Gasteiger partial charge in [-0.1, -0.05) is 29.8 Å². The third-order valence-corrected chi connectivity index (χ3v) is 3.23. The molecule has 0 spiro atoms. The lowest BCUT2D eigenvalue weighted by Gasteiger charge is -2.16. The van der Waals surface area contributed by atoms with E-state index in [2.05, 4.69) is 10.4 Å². The Labute approximate surface area is 121 Å². The second-order valence-corrected chi connectivity index (χ2v) is 4.88. The minimum absolute atomic E-state index is 0.338. The van der Waals surface area contributed by atoms with Crippen molar-refractivity contribution in [3.05, 3.63) is 65.0 Å². The normalized spacial score (nSPS) is 13.2. The molecule has 0 aliphatic rings. The minimum atomic E-state index is -4.38. The summed E-state index contributed by atoms with van der Waals surface area (Å²) in [6.07, 6.45) is -3.00. The minimum Gasteiger partial charge on any atom is -0.271 e. The van der Waals surface area contributed by atoms with Crippen LogP contribution in [0.2, 0.25) is 0 Å². The Morgan fingerprint density at radius 3 is 2.29 bits per heavy atom. The summed E-state index contributed by atoms with van der Waals surface area (Å²) in [6, 6.07) is 9.90. The van der Waals surface area contributed by atoms with Crippen molar-refractivity contribution in [2.75, 3.05) is 0 Å².